The zero-order chi connectivity index (χ0) is 13.5. The van der Waals surface area contributed by atoms with Gasteiger partial charge >= 0.3 is 0 Å². The molecule has 2 aromatic rings. The molecule has 0 bridgehead atoms. The molecule has 1 heterocycles. The summed E-state index contributed by atoms with van der Waals surface area (Å²) in [4.78, 5) is 4.25. The van der Waals surface area contributed by atoms with Crippen LogP contribution in [0.1, 0.15) is 12.6 Å². The molecule has 0 radical (unpaired) electrons. The lowest BCUT2D eigenvalue weighted by atomic mass is 10.3. The van der Waals surface area contributed by atoms with Crippen LogP contribution in [0.3, 0.4) is 0 Å². The number of ether oxygens (including phenoxy) is 2. The van der Waals surface area contributed by atoms with E-state index in [0.29, 0.717) is 6.54 Å². The van der Waals surface area contributed by atoms with E-state index in [9.17, 15) is 0 Å². The summed E-state index contributed by atoms with van der Waals surface area (Å²) in [5.74, 6) is 1.46. The zero-order valence-electron chi connectivity index (χ0n) is 11.2. The summed E-state index contributed by atoms with van der Waals surface area (Å²) in [7, 11) is 1.63. The Morgan fingerprint density at radius 2 is 1.84 bits per heavy atom. The van der Waals surface area contributed by atoms with Crippen LogP contribution in [0.25, 0.3) is 0 Å². The molecule has 100 valence electrons. The number of benzene rings is 1. The maximum atomic E-state index is 5.79. The number of para-hydroxylation sites is 2. The van der Waals surface area contributed by atoms with Gasteiger partial charge in [-0.25, -0.2) is 0 Å². The molecule has 0 fully saturated rings. The third kappa shape index (κ3) is 3.96. The molecule has 0 aliphatic heterocycles. The molecule has 2 rings (SSSR count). The molecule has 1 atom stereocenters. The van der Waals surface area contributed by atoms with E-state index >= 15 is 0 Å². The summed E-state index contributed by atoms with van der Waals surface area (Å²) >= 11 is 0. The van der Waals surface area contributed by atoms with E-state index in [1.54, 1.807) is 13.3 Å². The van der Waals surface area contributed by atoms with E-state index in [4.69, 9.17) is 9.47 Å². The van der Waals surface area contributed by atoms with E-state index in [-0.39, 0.29) is 6.23 Å². The maximum Gasteiger partial charge on any atom is 0.163 e. The fraction of sp³-hybridized carbons (Fsp3) is 0.267. The number of aromatic nitrogens is 1. The molecule has 0 aliphatic rings. The van der Waals surface area contributed by atoms with E-state index in [2.05, 4.69) is 10.3 Å². The van der Waals surface area contributed by atoms with Crippen LogP contribution in [0.2, 0.25) is 0 Å². The fourth-order valence-electron chi connectivity index (χ4n) is 1.70. The van der Waals surface area contributed by atoms with E-state index in [1.807, 2.05) is 49.4 Å². The molecule has 4 nitrogen and oxygen atoms in total. The predicted octanol–water partition coefficient (Wildman–Crippen LogP) is 2.60. The Labute approximate surface area is 113 Å². The summed E-state index contributed by atoms with van der Waals surface area (Å²) in [6.45, 7) is 2.62. The molecular weight excluding hydrogens is 240 g/mol. The van der Waals surface area contributed by atoms with Crippen molar-refractivity contribution in [3.8, 4) is 11.5 Å². The summed E-state index contributed by atoms with van der Waals surface area (Å²) in [5.41, 5.74) is 0.984. The van der Waals surface area contributed by atoms with Crippen LogP contribution in [-0.2, 0) is 6.54 Å². The van der Waals surface area contributed by atoms with Crippen LogP contribution >= 0.6 is 0 Å². The molecule has 0 saturated heterocycles. The molecule has 0 amide bonds. The van der Waals surface area contributed by atoms with Crippen LogP contribution in [0.5, 0.6) is 11.5 Å². The molecular formula is C15H18N2O2. The zero-order valence-corrected chi connectivity index (χ0v) is 11.2. The van der Waals surface area contributed by atoms with Gasteiger partial charge < -0.3 is 9.47 Å². The Morgan fingerprint density at radius 3 is 2.53 bits per heavy atom. The number of hydrogen-bond acceptors (Lipinski definition) is 4. The Kier molecular flexibility index (Phi) is 4.75. The molecule has 1 N–H and O–H groups in total. The van der Waals surface area contributed by atoms with Gasteiger partial charge in [-0.2, -0.15) is 0 Å². The van der Waals surface area contributed by atoms with Gasteiger partial charge in [0.05, 0.1) is 12.8 Å². The van der Waals surface area contributed by atoms with Gasteiger partial charge in [0.25, 0.3) is 0 Å². The lowest BCUT2D eigenvalue weighted by Gasteiger charge is -2.17. The number of nitrogens with one attached hydrogen (secondary N) is 1. The number of nitrogens with zero attached hydrogens (tertiary/aromatic N) is 1. The second-order valence-corrected chi connectivity index (χ2v) is 4.11. The van der Waals surface area contributed by atoms with E-state index < -0.39 is 0 Å². The van der Waals surface area contributed by atoms with E-state index in [1.165, 1.54) is 0 Å². The lowest BCUT2D eigenvalue weighted by Crippen LogP contribution is -2.31. The normalized spacial score (nSPS) is 11.9. The maximum absolute atomic E-state index is 5.79. The molecule has 1 aromatic carbocycles. The Hall–Kier alpha value is -2.07. The highest BCUT2D eigenvalue weighted by Crippen LogP contribution is 2.26. The Morgan fingerprint density at radius 1 is 1.11 bits per heavy atom. The first-order chi connectivity index (χ1) is 9.29. The van der Waals surface area contributed by atoms with Crippen molar-refractivity contribution in [1.82, 2.24) is 10.3 Å². The highest BCUT2D eigenvalue weighted by Gasteiger charge is 2.07. The number of methoxy groups -OCH3 is 1. The SMILES string of the molecule is COc1ccccc1OC(C)NCc1ccccn1. The first-order valence-corrected chi connectivity index (χ1v) is 6.22. The van der Waals surface area contributed by atoms with Gasteiger partial charge in [-0.3, -0.25) is 10.3 Å². The van der Waals surface area contributed by atoms with Gasteiger partial charge in [0.1, 0.15) is 6.23 Å². The van der Waals surface area contributed by atoms with E-state index in [0.717, 1.165) is 17.2 Å². The standard InChI is InChI=1S/C15H18N2O2/c1-12(17-11-13-7-5-6-10-16-13)19-15-9-4-3-8-14(15)18-2/h3-10,12,17H,11H2,1-2H3. The number of hydrogen-bond donors (Lipinski definition) is 1. The average Bonchev–Trinajstić information content (AvgIpc) is 2.47. The van der Waals surface area contributed by atoms with Gasteiger partial charge in [-0.05, 0) is 31.2 Å². The minimum absolute atomic E-state index is 0.127. The first-order valence-electron chi connectivity index (χ1n) is 6.22. The summed E-state index contributed by atoms with van der Waals surface area (Å²) in [6.07, 6.45) is 1.65. The largest absolute Gasteiger partial charge is 0.493 e. The molecule has 19 heavy (non-hydrogen) atoms. The Balaban J connectivity index is 1.89. The van der Waals surface area contributed by atoms with Crippen LogP contribution < -0.4 is 14.8 Å². The van der Waals surface area contributed by atoms with Gasteiger partial charge in [0.15, 0.2) is 11.5 Å². The topological polar surface area (TPSA) is 43.4 Å². The quantitative estimate of drug-likeness (QED) is 0.809. The summed E-state index contributed by atoms with van der Waals surface area (Å²) in [5, 5.41) is 3.26. The second kappa shape index (κ2) is 6.75. The van der Waals surface area contributed by atoms with Crippen molar-refractivity contribution in [2.45, 2.75) is 19.7 Å². The minimum Gasteiger partial charge on any atom is -0.493 e. The van der Waals surface area contributed by atoms with Crippen molar-refractivity contribution in [2.24, 2.45) is 0 Å². The Bertz CT molecular complexity index is 503. The third-order valence-corrected chi connectivity index (χ3v) is 2.67. The van der Waals surface area contributed by atoms with Gasteiger partial charge in [-0.1, -0.05) is 18.2 Å². The van der Waals surface area contributed by atoms with Crippen LogP contribution in [0.4, 0.5) is 0 Å². The fourth-order valence-corrected chi connectivity index (χ4v) is 1.70. The number of pyridine rings is 1. The molecule has 0 saturated carbocycles. The number of rotatable bonds is 6. The van der Waals surface area contributed by atoms with Crippen LogP contribution in [-0.4, -0.2) is 18.3 Å². The first kappa shape index (κ1) is 13.4. The predicted molar refractivity (Wildman–Crippen MR) is 74.2 cm³/mol. The van der Waals surface area contributed by atoms with Crippen molar-refractivity contribution in [1.29, 1.82) is 0 Å². The van der Waals surface area contributed by atoms with Crippen molar-refractivity contribution in [2.75, 3.05) is 7.11 Å². The van der Waals surface area contributed by atoms with Gasteiger partial charge in [0.2, 0.25) is 0 Å². The minimum atomic E-state index is -0.127. The molecule has 0 spiro atoms. The molecule has 0 aliphatic carbocycles. The molecule has 4 heteroatoms. The monoisotopic (exact) mass is 258 g/mol. The molecule has 1 aromatic heterocycles. The van der Waals surface area contributed by atoms with Gasteiger partial charge in [0, 0.05) is 12.7 Å². The lowest BCUT2D eigenvalue weighted by molar-refractivity contribution is 0.173. The van der Waals surface area contributed by atoms with Crippen molar-refractivity contribution in [3.05, 3.63) is 54.4 Å². The third-order valence-electron chi connectivity index (χ3n) is 2.67. The smallest absolute Gasteiger partial charge is 0.163 e. The summed E-state index contributed by atoms with van der Waals surface area (Å²) in [6, 6.07) is 13.4. The van der Waals surface area contributed by atoms with Crippen molar-refractivity contribution < 1.29 is 9.47 Å². The van der Waals surface area contributed by atoms with Crippen molar-refractivity contribution in [3.63, 3.8) is 0 Å². The van der Waals surface area contributed by atoms with Crippen LogP contribution in [0, 0.1) is 0 Å². The highest BCUT2D eigenvalue weighted by atomic mass is 16.5. The average molecular weight is 258 g/mol. The summed E-state index contributed by atoms with van der Waals surface area (Å²) < 4.78 is 11.0. The molecule has 1 unspecified atom stereocenters. The highest BCUT2D eigenvalue weighted by molar-refractivity contribution is 5.39. The van der Waals surface area contributed by atoms with Gasteiger partial charge in [-0.15, -0.1) is 0 Å². The van der Waals surface area contributed by atoms with Crippen molar-refractivity contribution >= 4 is 0 Å². The second-order valence-electron chi connectivity index (χ2n) is 4.11. The van der Waals surface area contributed by atoms with Crippen LogP contribution in [0.15, 0.2) is 48.7 Å².